The van der Waals surface area contributed by atoms with E-state index in [0.717, 1.165) is 70.8 Å². The lowest BCUT2D eigenvalue weighted by molar-refractivity contribution is -0.00439. The number of nitrogens with one attached hydrogen (secondary N) is 5. The lowest BCUT2D eigenvalue weighted by Gasteiger charge is -2.48. The van der Waals surface area contributed by atoms with Gasteiger partial charge in [0, 0.05) is 62.6 Å². The zero-order valence-corrected chi connectivity index (χ0v) is 30.8. The van der Waals surface area contributed by atoms with Gasteiger partial charge in [-0.05, 0) is 119 Å². The molecule has 2 aliphatic heterocycles. The molecular formula is C35H68N8O3. The van der Waals surface area contributed by atoms with Crippen LogP contribution in [0.1, 0.15) is 120 Å². The number of unbranched alkanes of at least 4 members (excludes halogenated alkanes) is 3. The molecule has 2 atom stereocenters. The number of aliphatic hydroxyl groups is 1. The largest absolute Gasteiger partial charge is 0.396 e. The fourth-order valence-corrected chi connectivity index (χ4v) is 8.48. The molecule has 266 valence electrons. The molecule has 0 amide bonds. The first-order valence-corrected chi connectivity index (χ1v) is 17.8. The molecule has 2 saturated heterocycles. The summed E-state index contributed by atoms with van der Waals surface area (Å²) >= 11 is 0. The maximum Gasteiger partial charge on any atom is 0.229 e. The van der Waals surface area contributed by atoms with Crippen LogP contribution in [0.15, 0.2) is 0 Å². The molecule has 11 heteroatoms. The number of piperidine rings is 2. The minimum atomic E-state index is 0.0756. The van der Waals surface area contributed by atoms with E-state index in [0.29, 0.717) is 42.8 Å². The standard InChI is InChI=1S/C35H68N8O3/c1-32(2)21-25(22-33(3,4)42-32)27(45-9)15-18-37-30-39-29(36-17-13-11-12-14-20-44)40-31(41-30)38-19-16-28(46-10)26-23-34(5,6)43-35(7,8)24-26/h25-28,42-44H,11-24H2,1-10H3,(H3,36,37,38,39,40,41). The van der Waals surface area contributed by atoms with Crippen molar-refractivity contribution < 1.29 is 14.6 Å². The maximum absolute atomic E-state index is 9.07. The van der Waals surface area contributed by atoms with Crippen LogP contribution in [0, 0.1) is 11.8 Å². The molecule has 46 heavy (non-hydrogen) atoms. The van der Waals surface area contributed by atoms with Crippen LogP contribution in [-0.2, 0) is 9.47 Å². The molecule has 0 bridgehead atoms. The smallest absolute Gasteiger partial charge is 0.229 e. The van der Waals surface area contributed by atoms with Crippen molar-refractivity contribution in [2.75, 3.05) is 56.4 Å². The topological polar surface area (TPSA) is 138 Å². The average molecular weight is 649 g/mol. The maximum atomic E-state index is 9.07. The third kappa shape index (κ3) is 13.0. The SMILES string of the molecule is COC(CCNc1nc(NCCCCCCO)nc(NCCC(OC)C2CC(C)(C)NC(C)(C)C2)n1)C1CC(C)(C)NC(C)(C)C1. The molecule has 0 aliphatic carbocycles. The summed E-state index contributed by atoms with van der Waals surface area (Å²) in [6.07, 6.45) is 10.3. The molecule has 2 fully saturated rings. The van der Waals surface area contributed by atoms with E-state index in [1.165, 1.54) is 0 Å². The van der Waals surface area contributed by atoms with Gasteiger partial charge >= 0.3 is 0 Å². The molecule has 6 N–H and O–H groups in total. The Bertz CT molecular complexity index is 948. The molecular weight excluding hydrogens is 580 g/mol. The van der Waals surface area contributed by atoms with Crippen LogP contribution >= 0.6 is 0 Å². The second-order valence-corrected chi connectivity index (χ2v) is 16.5. The van der Waals surface area contributed by atoms with Crippen molar-refractivity contribution in [3.8, 4) is 0 Å². The van der Waals surface area contributed by atoms with Crippen molar-refractivity contribution in [2.24, 2.45) is 11.8 Å². The monoisotopic (exact) mass is 649 g/mol. The van der Waals surface area contributed by atoms with Gasteiger partial charge in [0.15, 0.2) is 0 Å². The van der Waals surface area contributed by atoms with E-state index in [4.69, 9.17) is 29.5 Å². The lowest BCUT2D eigenvalue weighted by atomic mass is 9.73. The van der Waals surface area contributed by atoms with Crippen molar-refractivity contribution in [3.05, 3.63) is 0 Å². The third-order valence-corrected chi connectivity index (χ3v) is 9.53. The van der Waals surface area contributed by atoms with E-state index in [1.54, 1.807) is 0 Å². The molecule has 0 radical (unpaired) electrons. The van der Waals surface area contributed by atoms with E-state index in [2.05, 4.69) is 82.0 Å². The fourth-order valence-electron chi connectivity index (χ4n) is 8.48. The van der Waals surface area contributed by atoms with Crippen LogP contribution in [0.25, 0.3) is 0 Å². The first-order valence-electron chi connectivity index (χ1n) is 17.8. The summed E-state index contributed by atoms with van der Waals surface area (Å²) in [4.78, 5) is 14.2. The summed E-state index contributed by atoms with van der Waals surface area (Å²) in [5.41, 5.74) is 0.302. The Morgan fingerprint density at radius 1 is 0.609 bits per heavy atom. The number of nitrogens with zero attached hydrogens (tertiary/aromatic N) is 3. The van der Waals surface area contributed by atoms with Crippen LogP contribution < -0.4 is 26.6 Å². The molecule has 11 nitrogen and oxygen atoms in total. The van der Waals surface area contributed by atoms with Crippen molar-refractivity contribution in [2.45, 2.75) is 154 Å². The number of aliphatic hydroxyl groups excluding tert-OH is 1. The molecule has 0 saturated carbocycles. The number of hydrogen-bond donors (Lipinski definition) is 6. The number of anilines is 3. The summed E-state index contributed by atoms with van der Waals surface area (Å²) in [6.45, 7) is 20.7. The van der Waals surface area contributed by atoms with Crippen LogP contribution in [0.2, 0.25) is 0 Å². The van der Waals surface area contributed by atoms with Gasteiger partial charge in [-0.2, -0.15) is 15.0 Å². The van der Waals surface area contributed by atoms with Gasteiger partial charge < -0.3 is 41.2 Å². The number of aromatic nitrogens is 3. The molecule has 1 aromatic heterocycles. The molecule has 1 aromatic rings. The Balaban J connectivity index is 1.63. The van der Waals surface area contributed by atoms with Crippen LogP contribution in [0.3, 0.4) is 0 Å². The molecule has 2 aliphatic rings. The predicted octanol–water partition coefficient (Wildman–Crippen LogP) is 5.58. The van der Waals surface area contributed by atoms with Gasteiger partial charge in [0.1, 0.15) is 0 Å². The zero-order chi connectivity index (χ0) is 34.0. The Labute approximate surface area is 280 Å². The van der Waals surface area contributed by atoms with Crippen LogP contribution in [-0.4, -0.2) is 94.9 Å². The lowest BCUT2D eigenvalue weighted by Crippen LogP contribution is -2.59. The first kappa shape index (κ1) is 38.7. The Morgan fingerprint density at radius 3 is 1.30 bits per heavy atom. The highest BCUT2D eigenvalue weighted by atomic mass is 16.5. The number of ether oxygens (including phenoxy) is 2. The molecule has 0 spiro atoms. The van der Waals surface area contributed by atoms with Gasteiger partial charge in [0.2, 0.25) is 17.8 Å². The first-order chi connectivity index (χ1) is 21.6. The van der Waals surface area contributed by atoms with Gasteiger partial charge in [0.25, 0.3) is 0 Å². The zero-order valence-electron chi connectivity index (χ0n) is 30.8. The van der Waals surface area contributed by atoms with Crippen molar-refractivity contribution in [1.29, 1.82) is 0 Å². The summed E-state index contributed by atoms with van der Waals surface area (Å²) in [6, 6.07) is 0. The normalized spacial score (nSPS) is 22.2. The van der Waals surface area contributed by atoms with Crippen molar-refractivity contribution in [1.82, 2.24) is 25.6 Å². The summed E-state index contributed by atoms with van der Waals surface area (Å²) in [5.74, 6) is 2.64. The van der Waals surface area contributed by atoms with Crippen molar-refractivity contribution in [3.63, 3.8) is 0 Å². The summed E-state index contributed by atoms with van der Waals surface area (Å²) < 4.78 is 12.1. The molecule has 3 rings (SSSR count). The van der Waals surface area contributed by atoms with Crippen LogP contribution in [0.5, 0.6) is 0 Å². The molecule has 2 unspecified atom stereocenters. The molecule has 0 aromatic carbocycles. The fraction of sp³-hybridized carbons (Fsp3) is 0.914. The summed E-state index contributed by atoms with van der Waals surface area (Å²) in [5, 5.41) is 27.0. The Kier molecular flexibility index (Phi) is 14.3. The van der Waals surface area contributed by atoms with E-state index in [9.17, 15) is 0 Å². The van der Waals surface area contributed by atoms with Crippen LogP contribution in [0.4, 0.5) is 17.8 Å². The number of rotatable bonds is 19. The predicted molar refractivity (Wildman–Crippen MR) is 190 cm³/mol. The van der Waals surface area contributed by atoms with Gasteiger partial charge in [-0.15, -0.1) is 0 Å². The van der Waals surface area contributed by atoms with Crippen molar-refractivity contribution >= 4 is 17.8 Å². The number of hydrogen-bond acceptors (Lipinski definition) is 11. The van der Waals surface area contributed by atoms with E-state index < -0.39 is 0 Å². The Hall–Kier alpha value is -1.79. The highest BCUT2D eigenvalue weighted by molar-refractivity contribution is 5.42. The molecule has 3 heterocycles. The quantitative estimate of drug-likeness (QED) is 0.105. The second-order valence-electron chi connectivity index (χ2n) is 16.5. The average Bonchev–Trinajstić information content (AvgIpc) is 2.92. The Morgan fingerprint density at radius 2 is 0.957 bits per heavy atom. The van der Waals surface area contributed by atoms with E-state index in [-0.39, 0.29) is 41.0 Å². The summed E-state index contributed by atoms with van der Waals surface area (Å²) in [7, 11) is 3.67. The second kappa shape index (κ2) is 17.0. The van der Waals surface area contributed by atoms with E-state index in [1.807, 2.05) is 14.2 Å². The van der Waals surface area contributed by atoms with Gasteiger partial charge in [-0.1, -0.05) is 12.8 Å². The van der Waals surface area contributed by atoms with E-state index >= 15 is 0 Å². The third-order valence-electron chi connectivity index (χ3n) is 9.53. The van der Waals surface area contributed by atoms with Gasteiger partial charge in [0.05, 0.1) is 12.2 Å². The minimum absolute atomic E-state index is 0.0756. The highest BCUT2D eigenvalue weighted by Gasteiger charge is 2.41. The highest BCUT2D eigenvalue weighted by Crippen LogP contribution is 2.37. The van der Waals surface area contributed by atoms with Gasteiger partial charge in [-0.3, -0.25) is 0 Å². The van der Waals surface area contributed by atoms with Gasteiger partial charge in [-0.25, -0.2) is 0 Å². The minimum Gasteiger partial charge on any atom is -0.396 e. The number of methoxy groups -OCH3 is 2.